The monoisotopic (exact) mass is 224 g/mol. The second-order valence-corrected chi connectivity index (χ2v) is 2.67. The van der Waals surface area contributed by atoms with Crippen LogP contribution in [0.15, 0.2) is 4.99 Å². The van der Waals surface area contributed by atoms with Crippen molar-refractivity contribution in [3.63, 3.8) is 0 Å². The number of nitrogens with two attached hydrogens (primary N) is 1. The first-order valence-electron chi connectivity index (χ1n) is 3.68. The molecule has 2 nitrogen and oxygen atoms in total. The van der Waals surface area contributed by atoms with E-state index in [0.29, 0.717) is 0 Å². The third kappa shape index (κ3) is 1.90. The topological polar surface area (TPSA) is 38.4 Å². The van der Waals surface area contributed by atoms with E-state index in [-0.39, 0.29) is 5.84 Å². The molecule has 1 aromatic rings. The lowest BCUT2D eigenvalue weighted by atomic mass is 10.2. The molecule has 0 bridgehead atoms. The number of aliphatic imine (C=N–C) groups is 1. The molecule has 0 spiro atoms. The van der Waals surface area contributed by atoms with Gasteiger partial charge in [-0.2, -0.15) is 0 Å². The molecule has 0 amide bonds. The van der Waals surface area contributed by atoms with Crippen LogP contribution in [0.25, 0.3) is 0 Å². The second kappa shape index (κ2) is 3.84. The van der Waals surface area contributed by atoms with E-state index in [1.54, 1.807) is 0 Å². The molecular weight excluding hydrogens is 219 g/mol. The Kier molecular flexibility index (Phi) is 2.92. The second-order valence-electron chi connectivity index (χ2n) is 2.67. The Hall–Kier alpha value is -1.66. The molecule has 7 heteroatoms. The Morgan fingerprint density at radius 1 is 0.867 bits per heavy atom. The molecule has 82 valence electrons. The van der Waals surface area contributed by atoms with Gasteiger partial charge in [0, 0.05) is 0 Å². The highest BCUT2D eigenvalue weighted by Gasteiger charge is 2.25. The van der Waals surface area contributed by atoms with Crippen molar-refractivity contribution in [2.24, 2.45) is 10.7 Å². The summed E-state index contributed by atoms with van der Waals surface area (Å²) in [6.07, 6.45) is 0. The van der Waals surface area contributed by atoms with Crippen molar-refractivity contribution in [3.05, 3.63) is 29.1 Å². The molecule has 1 rings (SSSR count). The summed E-state index contributed by atoms with van der Waals surface area (Å²) in [5.41, 5.74) is 3.69. The zero-order chi connectivity index (χ0) is 11.7. The molecule has 0 aliphatic rings. The highest BCUT2D eigenvalue weighted by atomic mass is 19.2. The van der Waals surface area contributed by atoms with Gasteiger partial charge in [-0.05, 0) is 6.92 Å². The first-order valence-corrected chi connectivity index (χ1v) is 3.68. The minimum Gasteiger partial charge on any atom is -0.387 e. The Labute approximate surface area is 81.2 Å². The van der Waals surface area contributed by atoms with Crippen LogP contribution in [-0.4, -0.2) is 5.84 Å². The maximum atomic E-state index is 12.9. The zero-order valence-corrected chi connectivity index (χ0v) is 7.41. The van der Waals surface area contributed by atoms with Crippen LogP contribution in [0.1, 0.15) is 6.92 Å². The average Bonchev–Trinajstić information content (AvgIpc) is 2.18. The van der Waals surface area contributed by atoms with Crippen LogP contribution in [0.5, 0.6) is 0 Å². The molecule has 2 N–H and O–H groups in total. The summed E-state index contributed by atoms with van der Waals surface area (Å²) < 4.78 is 63.5. The number of benzene rings is 1. The summed E-state index contributed by atoms with van der Waals surface area (Å²) in [7, 11) is 0. The average molecular weight is 224 g/mol. The van der Waals surface area contributed by atoms with Gasteiger partial charge >= 0.3 is 0 Å². The van der Waals surface area contributed by atoms with E-state index in [2.05, 4.69) is 4.99 Å². The molecule has 0 saturated heterocycles. The van der Waals surface area contributed by atoms with Crippen LogP contribution in [0.3, 0.4) is 0 Å². The highest BCUT2D eigenvalue weighted by Crippen LogP contribution is 2.29. The lowest BCUT2D eigenvalue weighted by Gasteiger charge is -2.03. The molecule has 1 aromatic carbocycles. The van der Waals surface area contributed by atoms with Gasteiger partial charge in [0.25, 0.3) is 0 Å². The van der Waals surface area contributed by atoms with E-state index < -0.39 is 34.8 Å². The van der Waals surface area contributed by atoms with E-state index in [1.807, 2.05) is 0 Å². The Morgan fingerprint density at radius 2 is 1.20 bits per heavy atom. The molecule has 0 aliphatic heterocycles. The van der Waals surface area contributed by atoms with Gasteiger partial charge in [0.1, 0.15) is 5.69 Å². The number of halogens is 5. The molecule has 0 aromatic heterocycles. The van der Waals surface area contributed by atoms with Crippen LogP contribution in [0.4, 0.5) is 27.6 Å². The Bertz CT molecular complexity index is 408. The summed E-state index contributed by atoms with van der Waals surface area (Å²) in [5.74, 6) is -10.6. The molecule has 0 saturated carbocycles. The van der Waals surface area contributed by atoms with Gasteiger partial charge in [0.2, 0.25) is 5.82 Å². The van der Waals surface area contributed by atoms with Crippen molar-refractivity contribution in [2.75, 3.05) is 0 Å². The molecule has 0 radical (unpaired) electrons. The van der Waals surface area contributed by atoms with Crippen molar-refractivity contribution in [3.8, 4) is 0 Å². The Morgan fingerprint density at radius 3 is 1.53 bits per heavy atom. The number of hydrogen-bond donors (Lipinski definition) is 1. The van der Waals surface area contributed by atoms with Crippen molar-refractivity contribution in [2.45, 2.75) is 6.92 Å². The van der Waals surface area contributed by atoms with E-state index in [9.17, 15) is 22.0 Å². The number of hydrogen-bond acceptors (Lipinski definition) is 1. The summed E-state index contributed by atoms with van der Waals surface area (Å²) in [4.78, 5) is 3.02. The third-order valence-electron chi connectivity index (χ3n) is 1.47. The highest BCUT2D eigenvalue weighted by molar-refractivity contribution is 5.80. The fourth-order valence-corrected chi connectivity index (χ4v) is 0.868. The molecule has 0 aliphatic carbocycles. The predicted octanol–water partition coefficient (Wildman–Crippen LogP) is 2.39. The fraction of sp³-hybridized carbons (Fsp3) is 0.125. The summed E-state index contributed by atoms with van der Waals surface area (Å²) in [6, 6.07) is 0. The number of nitrogens with zero attached hydrogens (tertiary/aromatic N) is 1. The zero-order valence-electron chi connectivity index (χ0n) is 7.41. The maximum Gasteiger partial charge on any atom is 0.200 e. The van der Waals surface area contributed by atoms with E-state index >= 15 is 0 Å². The van der Waals surface area contributed by atoms with E-state index in [0.717, 1.165) is 6.92 Å². The molecule has 15 heavy (non-hydrogen) atoms. The minimum absolute atomic E-state index is 0.321. The Balaban J connectivity index is 3.60. The van der Waals surface area contributed by atoms with Crippen LogP contribution >= 0.6 is 0 Å². The SMILES string of the molecule is CC(N)=Nc1c(F)c(F)c(F)c(F)c1F. The smallest absolute Gasteiger partial charge is 0.200 e. The lowest BCUT2D eigenvalue weighted by Crippen LogP contribution is -2.07. The van der Waals surface area contributed by atoms with Crippen LogP contribution in [-0.2, 0) is 0 Å². The molecule has 0 unspecified atom stereocenters. The van der Waals surface area contributed by atoms with Crippen LogP contribution < -0.4 is 5.73 Å². The summed E-state index contributed by atoms with van der Waals surface area (Å²) in [5, 5.41) is 0. The standard InChI is InChI=1S/C8H5F5N2/c1-2(14)15-8-6(12)4(10)3(9)5(11)7(8)13/h1H3,(H2,14,15). The first-order chi connectivity index (χ1) is 6.86. The lowest BCUT2D eigenvalue weighted by molar-refractivity contribution is 0.381. The van der Waals surface area contributed by atoms with Gasteiger partial charge in [-0.25, -0.2) is 26.9 Å². The molecule has 0 atom stereocenters. The third-order valence-corrected chi connectivity index (χ3v) is 1.47. The molecular formula is C8H5F5N2. The first kappa shape index (κ1) is 11.4. The van der Waals surface area contributed by atoms with Gasteiger partial charge in [-0.1, -0.05) is 0 Å². The van der Waals surface area contributed by atoms with Gasteiger partial charge in [0.05, 0.1) is 5.84 Å². The van der Waals surface area contributed by atoms with E-state index in [1.165, 1.54) is 0 Å². The number of amidine groups is 1. The van der Waals surface area contributed by atoms with Gasteiger partial charge in [-0.15, -0.1) is 0 Å². The largest absolute Gasteiger partial charge is 0.387 e. The van der Waals surface area contributed by atoms with Gasteiger partial charge in [0.15, 0.2) is 23.3 Å². The van der Waals surface area contributed by atoms with Crippen molar-refractivity contribution in [1.29, 1.82) is 0 Å². The minimum atomic E-state index is -2.22. The van der Waals surface area contributed by atoms with E-state index in [4.69, 9.17) is 5.73 Å². The van der Waals surface area contributed by atoms with Crippen molar-refractivity contribution in [1.82, 2.24) is 0 Å². The van der Waals surface area contributed by atoms with Crippen molar-refractivity contribution >= 4 is 11.5 Å². The summed E-state index contributed by atoms with van der Waals surface area (Å²) >= 11 is 0. The van der Waals surface area contributed by atoms with Crippen LogP contribution in [0, 0.1) is 29.1 Å². The fourth-order valence-electron chi connectivity index (χ4n) is 0.868. The van der Waals surface area contributed by atoms with Gasteiger partial charge < -0.3 is 5.73 Å². The molecule has 0 fully saturated rings. The normalized spacial score (nSPS) is 12.0. The number of rotatable bonds is 1. The van der Waals surface area contributed by atoms with Crippen LogP contribution in [0.2, 0.25) is 0 Å². The van der Waals surface area contributed by atoms with Gasteiger partial charge in [-0.3, -0.25) is 0 Å². The predicted molar refractivity (Wildman–Crippen MR) is 43.2 cm³/mol. The molecule has 0 heterocycles. The summed E-state index contributed by atoms with van der Waals surface area (Å²) in [6.45, 7) is 1.15. The van der Waals surface area contributed by atoms with Crippen molar-refractivity contribution < 1.29 is 22.0 Å². The quantitative estimate of drug-likeness (QED) is 0.257. The maximum absolute atomic E-state index is 12.9.